The van der Waals surface area contributed by atoms with Gasteiger partial charge in [0.15, 0.2) is 0 Å². The summed E-state index contributed by atoms with van der Waals surface area (Å²) in [5.74, 6) is -0.0459. The maximum absolute atomic E-state index is 13.7. The fraction of sp³-hybridized carbons (Fsp3) is 0.500. The van der Waals surface area contributed by atoms with E-state index in [-0.39, 0.29) is 0 Å². The van der Waals surface area contributed by atoms with Crippen molar-refractivity contribution in [3.8, 4) is 0 Å². The fourth-order valence-corrected chi connectivity index (χ4v) is 2.03. The molecule has 0 amide bonds. The largest absolute Gasteiger partial charge is 0.310 e. The Labute approximate surface area is 99.0 Å². The van der Waals surface area contributed by atoms with Gasteiger partial charge in [0, 0.05) is 24.2 Å². The monoisotopic (exact) mass is 238 g/mol. The fourth-order valence-electron chi connectivity index (χ4n) is 2.03. The van der Waals surface area contributed by atoms with Gasteiger partial charge in [0.1, 0.15) is 0 Å². The summed E-state index contributed by atoms with van der Waals surface area (Å²) >= 11 is 0. The van der Waals surface area contributed by atoms with Crippen molar-refractivity contribution in [2.24, 2.45) is 5.92 Å². The van der Waals surface area contributed by atoms with Gasteiger partial charge in [-0.05, 0) is 12.3 Å². The van der Waals surface area contributed by atoms with Gasteiger partial charge in [0.2, 0.25) is 5.82 Å². The van der Waals surface area contributed by atoms with Crippen molar-refractivity contribution in [1.82, 2.24) is 5.32 Å². The highest BCUT2D eigenvalue weighted by Gasteiger charge is 2.34. The zero-order valence-corrected chi connectivity index (χ0v) is 9.65. The van der Waals surface area contributed by atoms with Gasteiger partial charge >= 0.3 is 5.69 Å². The molecule has 2 rings (SSSR count). The predicted molar refractivity (Wildman–Crippen MR) is 62.1 cm³/mol. The van der Waals surface area contributed by atoms with E-state index in [4.69, 9.17) is 0 Å². The molecule has 2 atom stereocenters. The van der Waals surface area contributed by atoms with Crippen LogP contribution >= 0.6 is 0 Å². The smallest absolute Gasteiger partial charge is 0.305 e. The van der Waals surface area contributed by atoms with Gasteiger partial charge in [-0.25, -0.2) is 0 Å². The summed E-state index contributed by atoms with van der Waals surface area (Å²) in [6, 6.07) is 4.73. The van der Waals surface area contributed by atoms with Crippen LogP contribution in [0.25, 0.3) is 0 Å². The molecule has 0 saturated heterocycles. The molecule has 1 aliphatic carbocycles. The van der Waals surface area contributed by atoms with E-state index >= 15 is 0 Å². The second-order valence-corrected chi connectivity index (χ2v) is 4.40. The van der Waals surface area contributed by atoms with Gasteiger partial charge in [-0.3, -0.25) is 10.1 Å². The van der Waals surface area contributed by atoms with Crippen LogP contribution in [0, 0.1) is 21.8 Å². The maximum atomic E-state index is 13.7. The highest BCUT2D eigenvalue weighted by atomic mass is 19.1. The van der Waals surface area contributed by atoms with E-state index in [1.54, 1.807) is 6.07 Å². The van der Waals surface area contributed by atoms with Gasteiger partial charge in [-0.1, -0.05) is 25.5 Å². The first-order valence-electron chi connectivity index (χ1n) is 5.78. The Morgan fingerprint density at radius 3 is 2.94 bits per heavy atom. The van der Waals surface area contributed by atoms with Gasteiger partial charge in [0.05, 0.1) is 4.92 Å². The molecule has 92 valence electrons. The lowest BCUT2D eigenvalue weighted by atomic mass is 10.2. The van der Waals surface area contributed by atoms with Gasteiger partial charge in [-0.2, -0.15) is 4.39 Å². The molecule has 0 spiro atoms. The van der Waals surface area contributed by atoms with Crippen molar-refractivity contribution >= 4 is 5.69 Å². The zero-order valence-electron chi connectivity index (χ0n) is 9.65. The molecule has 0 aromatic heterocycles. The van der Waals surface area contributed by atoms with E-state index in [1.165, 1.54) is 12.1 Å². The number of benzene rings is 1. The number of rotatable bonds is 5. The number of nitrogens with zero attached hydrogens (tertiary/aromatic N) is 1. The lowest BCUT2D eigenvalue weighted by Gasteiger charge is -2.05. The van der Waals surface area contributed by atoms with Crippen LogP contribution in [-0.4, -0.2) is 11.0 Å². The number of hydrogen-bond donors (Lipinski definition) is 1. The Kier molecular flexibility index (Phi) is 3.38. The molecule has 1 aromatic carbocycles. The molecule has 0 aliphatic heterocycles. The van der Waals surface area contributed by atoms with Crippen molar-refractivity contribution in [3.63, 3.8) is 0 Å². The molecule has 1 fully saturated rings. The van der Waals surface area contributed by atoms with Crippen molar-refractivity contribution < 1.29 is 9.31 Å². The van der Waals surface area contributed by atoms with Crippen LogP contribution in [0.2, 0.25) is 0 Å². The van der Waals surface area contributed by atoms with Gasteiger partial charge in [0.25, 0.3) is 0 Å². The van der Waals surface area contributed by atoms with Crippen molar-refractivity contribution in [2.45, 2.75) is 32.4 Å². The van der Waals surface area contributed by atoms with E-state index in [9.17, 15) is 14.5 Å². The summed E-state index contributed by atoms with van der Waals surface area (Å²) in [7, 11) is 0. The minimum atomic E-state index is -0.723. The number of halogens is 1. The Morgan fingerprint density at radius 2 is 2.35 bits per heavy atom. The molecule has 1 N–H and O–H groups in total. The highest BCUT2D eigenvalue weighted by Crippen LogP contribution is 2.33. The molecule has 0 radical (unpaired) electrons. The Hall–Kier alpha value is -1.49. The molecule has 1 aromatic rings. The standard InChI is InChI=1S/C12H15FN2O2/c1-2-8-6-10(8)14-7-9-4-3-5-11(12(9)13)15(16)17/h3-5,8,10,14H,2,6-7H2,1H3. The van der Waals surface area contributed by atoms with E-state index in [1.807, 2.05) is 0 Å². The minimum absolute atomic E-state index is 0.356. The molecule has 1 saturated carbocycles. The minimum Gasteiger partial charge on any atom is -0.310 e. The topological polar surface area (TPSA) is 55.2 Å². The average molecular weight is 238 g/mol. The summed E-state index contributed by atoms with van der Waals surface area (Å²) < 4.78 is 13.7. The molecule has 2 unspecified atom stereocenters. The van der Waals surface area contributed by atoms with Crippen LogP contribution in [0.1, 0.15) is 25.3 Å². The average Bonchev–Trinajstić information content (AvgIpc) is 3.06. The maximum Gasteiger partial charge on any atom is 0.305 e. The summed E-state index contributed by atoms with van der Waals surface area (Å²) in [5.41, 5.74) is -0.0897. The van der Waals surface area contributed by atoms with Crippen LogP contribution < -0.4 is 5.32 Å². The number of hydrogen-bond acceptors (Lipinski definition) is 3. The molecular formula is C12H15FN2O2. The van der Waals surface area contributed by atoms with Gasteiger partial charge in [-0.15, -0.1) is 0 Å². The number of nitrogens with one attached hydrogen (secondary N) is 1. The third-order valence-corrected chi connectivity index (χ3v) is 3.26. The molecule has 0 bridgehead atoms. The summed E-state index contributed by atoms with van der Waals surface area (Å²) in [4.78, 5) is 9.88. The molecule has 1 aliphatic rings. The summed E-state index contributed by atoms with van der Waals surface area (Å²) in [6.07, 6.45) is 2.24. The van der Waals surface area contributed by atoms with Crippen LogP contribution in [0.5, 0.6) is 0 Å². The first-order valence-corrected chi connectivity index (χ1v) is 5.78. The van der Waals surface area contributed by atoms with Crippen LogP contribution in [0.15, 0.2) is 18.2 Å². The summed E-state index contributed by atoms with van der Waals surface area (Å²) in [6.45, 7) is 2.48. The first kappa shape index (κ1) is 12.0. The number of nitro benzene ring substituents is 1. The molecule has 4 nitrogen and oxygen atoms in total. The number of nitro groups is 1. The van der Waals surface area contributed by atoms with Crippen LogP contribution in [0.4, 0.5) is 10.1 Å². The molecule has 0 heterocycles. The van der Waals surface area contributed by atoms with E-state index in [0.717, 1.165) is 12.8 Å². The van der Waals surface area contributed by atoms with E-state index in [2.05, 4.69) is 12.2 Å². The first-order chi connectivity index (χ1) is 8.13. The Bertz CT molecular complexity index is 437. The van der Waals surface area contributed by atoms with E-state index < -0.39 is 16.4 Å². The Balaban J connectivity index is 2.01. The van der Waals surface area contributed by atoms with Crippen LogP contribution in [0.3, 0.4) is 0 Å². The normalized spacial score (nSPS) is 22.5. The lowest BCUT2D eigenvalue weighted by molar-refractivity contribution is -0.387. The van der Waals surface area contributed by atoms with Crippen molar-refractivity contribution in [2.75, 3.05) is 0 Å². The second-order valence-electron chi connectivity index (χ2n) is 4.40. The predicted octanol–water partition coefficient (Wildman–Crippen LogP) is 2.62. The lowest BCUT2D eigenvalue weighted by Crippen LogP contribution is -2.18. The van der Waals surface area contributed by atoms with Crippen molar-refractivity contribution in [3.05, 3.63) is 39.7 Å². The zero-order chi connectivity index (χ0) is 12.4. The molecule has 17 heavy (non-hydrogen) atoms. The highest BCUT2D eigenvalue weighted by molar-refractivity contribution is 5.36. The second kappa shape index (κ2) is 4.79. The van der Waals surface area contributed by atoms with Gasteiger partial charge < -0.3 is 5.32 Å². The summed E-state index contributed by atoms with van der Waals surface area (Å²) in [5, 5.41) is 13.8. The third kappa shape index (κ3) is 2.61. The Morgan fingerprint density at radius 1 is 1.59 bits per heavy atom. The third-order valence-electron chi connectivity index (χ3n) is 3.26. The van der Waals surface area contributed by atoms with E-state index in [0.29, 0.717) is 24.1 Å². The van der Waals surface area contributed by atoms with Crippen molar-refractivity contribution in [1.29, 1.82) is 0 Å². The SMILES string of the molecule is CCC1CC1NCc1cccc([N+](=O)[O-])c1F. The van der Waals surface area contributed by atoms with Crippen LogP contribution in [-0.2, 0) is 6.54 Å². The molecular weight excluding hydrogens is 223 g/mol. The quantitative estimate of drug-likeness (QED) is 0.633. The molecule has 5 heteroatoms.